The Balaban J connectivity index is 0.707. The molecule has 6 aliphatic heterocycles. The summed E-state index contributed by atoms with van der Waals surface area (Å²) in [6.07, 6.45) is 5.88. The van der Waals surface area contributed by atoms with E-state index in [4.69, 9.17) is 24.2 Å². The van der Waals surface area contributed by atoms with Crippen LogP contribution in [-0.2, 0) is 16.0 Å². The predicted octanol–water partition coefficient (Wildman–Crippen LogP) is 8.42. The number of β-amino-alcohol motifs (C(OH)–C–C–N with tert-alkyl or cyclic N) is 1. The molecule has 0 spiro atoms. The van der Waals surface area contributed by atoms with Crippen molar-refractivity contribution < 1.29 is 33.5 Å². The maximum Gasteiger partial charge on any atom is 0.319 e. The third-order valence-electron chi connectivity index (χ3n) is 17.4. The number of aliphatic hydroxyl groups excluding tert-OH is 1. The fourth-order valence-corrected chi connectivity index (χ4v) is 14.0. The number of nitrogens with zero attached hydrogens (tertiary/aromatic N) is 9. The summed E-state index contributed by atoms with van der Waals surface area (Å²) in [4.78, 5) is 57.0. The molecule has 6 aliphatic rings. The standard InChI is InChI=1S/C60H70FN11O6S/c1-6-36-9-7-10-39-21-44(73)22-46(52(36)39)54-53(61)55-47(26-63-54)57(71-30-42-11-8-12-43(71)25-62-42)67-60(66-55)77-20-19-69-18-17-40-28-70(29-41(40)27-69)50-24-49(78-68-50)51(33(2)3)59(76)72-31-45(74)23-48(72)58(75)65-34(4)37-13-15-38(16-14-37)56-35(5)64-32-79-56/h7,9-10,13-16,21-22,24,26,32-34,40-43,45,48,51,62,73-74H,6,8,11-12,17-20,23,25,27-31H2,1-5H3,(H,65,75)/t34-,40-,41+,42?,43?,45+,48-,51+/m0/s1. The first kappa shape index (κ1) is 52.9. The van der Waals surface area contributed by atoms with Gasteiger partial charge in [0.05, 0.1) is 33.6 Å². The number of amides is 2. The number of halogens is 1. The van der Waals surface area contributed by atoms with Gasteiger partial charge in [-0.15, -0.1) is 11.3 Å². The Morgan fingerprint density at radius 3 is 2.62 bits per heavy atom. The van der Waals surface area contributed by atoms with Crippen LogP contribution in [0.25, 0.3) is 43.4 Å². The van der Waals surface area contributed by atoms with Crippen LogP contribution in [0.1, 0.15) is 94.3 Å². The van der Waals surface area contributed by atoms with E-state index in [2.05, 4.69) is 42.4 Å². The second kappa shape index (κ2) is 22.0. The van der Waals surface area contributed by atoms with Crippen LogP contribution in [0.5, 0.6) is 11.8 Å². The van der Waals surface area contributed by atoms with E-state index in [1.54, 1.807) is 29.7 Å². The van der Waals surface area contributed by atoms with E-state index in [0.717, 1.165) is 109 Å². The third-order valence-corrected chi connectivity index (χ3v) is 18.4. The quantitative estimate of drug-likeness (QED) is 0.0763. The molecule has 79 heavy (non-hydrogen) atoms. The zero-order valence-corrected chi connectivity index (χ0v) is 46.4. The molecule has 2 amide bonds. The average molecular weight is 1090 g/mol. The van der Waals surface area contributed by atoms with Crippen LogP contribution in [0.3, 0.4) is 0 Å². The summed E-state index contributed by atoms with van der Waals surface area (Å²) in [5.74, 6) is 0.573. The summed E-state index contributed by atoms with van der Waals surface area (Å²) >= 11 is 1.59. The number of pyridine rings is 1. The lowest BCUT2D eigenvalue weighted by atomic mass is 9.89. The SMILES string of the molecule is CCc1cccc2cc(O)cc(-c3ncc4c(N5CC6CCCC5CN6)nc(OCCN5CC[C@H]6CN(c7cc([C@H](C(=O)N8C[C@H](O)C[C@H]8C(=O)N[C@@H](C)c8ccc(-c9scnc9C)cc8)C(C)C)on7)C[C@H]6C5)nc4c3F)c12. The van der Waals surface area contributed by atoms with E-state index < -0.39 is 23.9 Å². The summed E-state index contributed by atoms with van der Waals surface area (Å²) in [5, 5.41) is 35.2. The average Bonchev–Trinajstić information content (AvgIpc) is 4.41. The number of carbonyl (C=O) groups is 2. The number of anilines is 2. The van der Waals surface area contributed by atoms with E-state index in [9.17, 15) is 19.8 Å². The zero-order chi connectivity index (χ0) is 54.6. The molecule has 3 aromatic carbocycles. The maximum absolute atomic E-state index is 17.3. The second-order valence-corrected chi connectivity index (χ2v) is 23.8. The molecule has 2 bridgehead atoms. The number of piperazine rings is 1. The van der Waals surface area contributed by atoms with Crippen molar-refractivity contribution in [2.24, 2.45) is 17.8 Å². The number of fused-ring (bicyclic) bond motifs is 7. The monoisotopic (exact) mass is 1090 g/mol. The molecule has 7 aromatic rings. The first-order valence-electron chi connectivity index (χ1n) is 28.3. The van der Waals surface area contributed by atoms with Crippen LogP contribution < -0.4 is 25.2 Å². The Morgan fingerprint density at radius 1 is 0.987 bits per heavy atom. The van der Waals surface area contributed by atoms with Crippen molar-refractivity contribution in [2.75, 3.05) is 68.8 Å². The lowest BCUT2D eigenvalue weighted by molar-refractivity contribution is -0.141. The summed E-state index contributed by atoms with van der Waals surface area (Å²) in [6.45, 7) is 15.8. The lowest BCUT2D eigenvalue weighted by Crippen LogP contribution is -2.54. The van der Waals surface area contributed by atoms with Gasteiger partial charge in [-0.05, 0) is 110 Å². The van der Waals surface area contributed by atoms with Crippen molar-refractivity contribution in [2.45, 2.75) is 109 Å². The molecule has 8 atom stereocenters. The topological polar surface area (TPSA) is 198 Å². The molecule has 4 aromatic heterocycles. The Labute approximate surface area is 463 Å². The summed E-state index contributed by atoms with van der Waals surface area (Å²) in [6, 6.07) is 18.6. The molecule has 10 heterocycles. The number of aromatic nitrogens is 5. The van der Waals surface area contributed by atoms with Gasteiger partial charge in [0.25, 0.3) is 0 Å². The smallest absolute Gasteiger partial charge is 0.319 e. The van der Waals surface area contributed by atoms with Crippen molar-refractivity contribution in [1.82, 2.24) is 45.5 Å². The third kappa shape index (κ3) is 10.4. The first-order chi connectivity index (χ1) is 38.3. The molecular formula is C60H70FN11O6S. The largest absolute Gasteiger partial charge is 0.508 e. The summed E-state index contributed by atoms with van der Waals surface area (Å²) < 4.78 is 29.8. The van der Waals surface area contributed by atoms with Gasteiger partial charge >= 0.3 is 6.01 Å². The first-order valence-corrected chi connectivity index (χ1v) is 29.1. The number of phenols is 1. The molecule has 0 radical (unpaired) electrons. The van der Waals surface area contributed by atoms with E-state index in [1.807, 2.05) is 81.7 Å². The second-order valence-electron chi connectivity index (χ2n) is 22.9. The molecule has 0 saturated carbocycles. The van der Waals surface area contributed by atoms with Crippen molar-refractivity contribution in [3.05, 3.63) is 101 Å². The fourth-order valence-electron chi connectivity index (χ4n) is 13.2. The highest BCUT2D eigenvalue weighted by atomic mass is 32.1. The van der Waals surface area contributed by atoms with Gasteiger partial charge < -0.3 is 44.8 Å². The predicted molar refractivity (Wildman–Crippen MR) is 303 cm³/mol. The highest BCUT2D eigenvalue weighted by Crippen LogP contribution is 2.41. The number of piperidine rings is 1. The van der Waals surface area contributed by atoms with Gasteiger partial charge in [0.15, 0.2) is 17.4 Å². The number of likely N-dealkylation sites (tertiary alicyclic amines) is 2. The Kier molecular flexibility index (Phi) is 14.7. The highest BCUT2D eigenvalue weighted by molar-refractivity contribution is 7.13. The lowest BCUT2D eigenvalue weighted by Gasteiger charge is -2.38. The molecule has 6 fully saturated rings. The molecular weight excluding hydrogens is 1020 g/mol. The van der Waals surface area contributed by atoms with E-state index in [0.29, 0.717) is 59.4 Å². The number of nitrogens with one attached hydrogen (secondary N) is 2. The minimum absolute atomic E-state index is 0.0357. The number of aromatic hydroxyl groups is 1. The van der Waals surface area contributed by atoms with Crippen molar-refractivity contribution in [1.29, 1.82) is 0 Å². The number of phenolic OH excluding ortho intramolecular Hbond substituents is 1. The molecule has 13 rings (SSSR count). The number of rotatable bonds is 15. The number of aliphatic hydroxyl groups is 1. The van der Waals surface area contributed by atoms with Crippen molar-refractivity contribution in [3.8, 4) is 33.5 Å². The van der Waals surface area contributed by atoms with E-state index in [1.165, 1.54) is 4.90 Å². The summed E-state index contributed by atoms with van der Waals surface area (Å²) in [7, 11) is 0. The molecule has 17 nitrogen and oxygen atoms in total. The van der Waals surface area contributed by atoms with Crippen LogP contribution in [0.15, 0.2) is 76.9 Å². The minimum Gasteiger partial charge on any atom is -0.508 e. The number of aryl methyl sites for hydroxylation is 2. The normalized spacial score (nSPS) is 23.2. The van der Waals surface area contributed by atoms with Crippen LogP contribution in [0, 0.1) is 30.5 Å². The van der Waals surface area contributed by atoms with Crippen LogP contribution in [0.2, 0.25) is 0 Å². The summed E-state index contributed by atoms with van der Waals surface area (Å²) in [5.41, 5.74) is 6.62. The Hall–Kier alpha value is -6.80. The maximum atomic E-state index is 17.3. The molecule has 2 unspecified atom stereocenters. The van der Waals surface area contributed by atoms with Crippen LogP contribution >= 0.6 is 11.3 Å². The fraction of sp³-hybridized carbons (Fsp3) is 0.483. The number of thiazole rings is 1. The Morgan fingerprint density at radius 2 is 1.82 bits per heavy atom. The molecule has 6 saturated heterocycles. The van der Waals surface area contributed by atoms with Gasteiger partial charge in [-0.25, -0.2) is 9.37 Å². The number of ether oxygens (including phenoxy) is 1. The van der Waals surface area contributed by atoms with Crippen molar-refractivity contribution in [3.63, 3.8) is 0 Å². The van der Waals surface area contributed by atoms with Gasteiger partial charge in [-0.2, -0.15) is 9.97 Å². The zero-order valence-electron chi connectivity index (χ0n) is 45.6. The van der Waals surface area contributed by atoms with Gasteiger partial charge in [0, 0.05) is 82.1 Å². The van der Waals surface area contributed by atoms with Gasteiger partial charge in [0.2, 0.25) is 11.8 Å². The van der Waals surface area contributed by atoms with Gasteiger partial charge in [-0.1, -0.05) is 68.4 Å². The number of hydrogen-bond donors (Lipinski definition) is 4. The Bertz CT molecular complexity index is 3390. The number of carbonyl (C=O) groups excluding carboxylic acids is 2. The number of hydrogen-bond acceptors (Lipinski definition) is 16. The molecule has 4 N–H and O–H groups in total. The molecule has 19 heteroatoms. The van der Waals surface area contributed by atoms with E-state index >= 15 is 4.39 Å². The van der Waals surface area contributed by atoms with Gasteiger partial charge in [-0.3, -0.25) is 19.5 Å². The number of benzene rings is 3. The van der Waals surface area contributed by atoms with Crippen molar-refractivity contribution >= 4 is 56.5 Å². The van der Waals surface area contributed by atoms with E-state index in [-0.39, 0.29) is 65.8 Å². The molecule has 414 valence electrons. The minimum atomic E-state index is -0.835. The van der Waals surface area contributed by atoms with Crippen LogP contribution in [-0.4, -0.2) is 140 Å². The highest BCUT2D eigenvalue weighted by Gasteiger charge is 2.45. The molecule has 0 aliphatic carbocycles. The van der Waals surface area contributed by atoms with Crippen LogP contribution in [0.4, 0.5) is 16.0 Å². The van der Waals surface area contributed by atoms with Gasteiger partial charge in [0.1, 0.15) is 41.3 Å².